The Morgan fingerprint density at radius 2 is 1.90 bits per heavy atom. The smallest absolute Gasteiger partial charge is 0.0892 e. The first-order chi connectivity index (χ1) is 4.66. The molecule has 0 saturated carbocycles. The van der Waals surface area contributed by atoms with Gasteiger partial charge < -0.3 is 5.11 Å². The van der Waals surface area contributed by atoms with E-state index in [1.807, 2.05) is 13.8 Å². The molecule has 0 aliphatic carbocycles. The predicted molar refractivity (Wildman–Crippen MR) is 44.3 cm³/mol. The van der Waals surface area contributed by atoms with E-state index in [-0.39, 0.29) is 0 Å². The molecule has 0 aliphatic rings. The van der Waals surface area contributed by atoms with Crippen molar-refractivity contribution in [2.45, 2.75) is 20.8 Å². The van der Waals surface area contributed by atoms with Crippen LogP contribution in [0.4, 0.5) is 0 Å². The van der Waals surface area contributed by atoms with Gasteiger partial charge in [0.1, 0.15) is 0 Å². The van der Waals surface area contributed by atoms with Crippen molar-refractivity contribution in [3.8, 4) is 0 Å². The second-order valence-corrected chi connectivity index (χ2v) is 2.00. The molecule has 0 aromatic heterocycles. The minimum absolute atomic E-state index is 0.297. The van der Waals surface area contributed by atoms with Crippen molar-refractivity contribution in [3.05, 3.63) is 23.6 Å². The van der Waals surface area contributed by atoms with Crippen LogP contribution in [0.3, 0.4) is 0 Å². The molecule has 0 aliphatic heterocycles. The van der Waals surface area contributed by atoms with E-state index in [1.165, 1.54) is 0 Å². The summed E-state index contributed by atoms with van der Waals surface area (Å²) in [5.41, 5.74) is 0.885. The molecule has 0 saturated heterocycles. The Morgan fingerprint density at radius 1 is 1.30 bits per heavy atom. The molecular weight excluding hydrogens is 126 g/mol. The molecule has 0 unspecified atom stereocenters. The maximum absolute atomic E-state index is 8.73. The largest absolute Gasteiger partial charge is 0.513 e. The number of hydrogen-bond acceptors (Lipinski definition) is 2. The predicted octanol–water partition coefficient (Wildman–Crippen LogP) is 2.44. The summed E-state index contributed by atoms with van der Waals surface area (Å²) in [6, 6.07) is 0. The topological polar surface area (TPSA) is 32.6 Å². The van der Waals surface area contributed by atoms with Gasteiger partial charge in [-0.2, -0.15) is 0 Å². The Balaban J connectivity index is 4.05. The number of aliphatic hydroxyl groups excluding tert-OH is 1. The molecule has 0 radical (unpaired) electrons. The number of allylic oxidation sites excluding steroid dienone is 4. The fourth-order valence-electron chi connectivity index (χ4n) is 0.488. The molecule has 0 fully saturated rings. The highest BCUT2D eigenvalue weighted by Crippen LogP contribution is 1.95. The first-order valence-corrected chi connectivity index (χ1v) is 3.19. The van der Waals surface area contributed by atoms with Crippen LogP contribution in [-0.2, 0) is 0 Å². The van der Waals surface area contributed by atoms with Crippen LogP contribution in [-0.4, -0.2) is 11.3 Å². The van der Waals surface area contributed by atoms with Crippen molar-refractivity contribution in [2.24, 2.45) is 4.99 Å². The number of aliphatic imine (C=N–C) groups is 1. The average Bonchev–Trinajstić information content (AvgIpc) is 1.85. The Kier molecular flexibility index (Phi) is 4.29. The number of hydrogen-bond donors (Lipinski definition) is 1. The molecule has 2 heteroatoms. The fourth-order valence-corrected chi connectivity index (χ4v) is 0.488. The van der Waals surface area contributed by atoms with Gasteiger partial charge in [-0.25, -0.2) is 0 Å². The third-order valence-corrected chi connectivity index (χ3v) is 0.898. The van der Waals surface area contributed by atoms with Gasteiger partial charge in [-0.3, -0.25) is 4.99 Å². The molecule has 0 spiro atoms. The standard InChI is InChI=1S/C8H13NO/c1-4-9-7(2)5-6-8(3)10/h4-6,10H,1-3H3/b7-5-,8-6+,9-4-. The molecule has 0 atom stereocenters. The van der Waals surface area contributed by atoms with Crippen LogP contribution in [0.15, 0.2) is 28.6 Å². The fraction of sp³-hybridized carbons (Fsp3) is 0.375. The van der Waals surface area contributed by atoms with E-state index in [2.05, 4.69) is 4.99 Å². The molecule has 0 aromatic rings. The summed E-state index contributed by atoms with van der Waals surface area (Å²) in [6.45, 7) is 5.35. The van der Waals surface area contributed by atoms with Crippen molar-refractivity contribution < 1.29 is 5.11 Å². The number of nitrogens with zero attached hydrogens (tertiary/aromatic N) is 1. The zero-order valence-corrected chi connectivity index (χ0v) is 6.63. The van der Waals surface area contributed by atoms with E-state index < -0.39 is 0 Å². The zero-order chi connectivity index (χ0) is 7.98. The van der Waals surface area contributed by atoms with E-state index in [0.717, 1.165) is 5.70 Å². The molecule has 56 valence electrons. The van der Waals surface area contributed by atoms with Crippen molar-refractivity contribution in [1.29, 1.82) is 0 Å². The Labute approximate surface area is 61.6 Å². The van der Waals surface area contributed by atoms with Gasteiger partial charge in [0.25, 0.3) is 0 Å². The molecule has 0 heterocycles. The minimum atomic E-state index is 0.297. The van der Waals surface area contributed by atoms with E-state index in [4.69, 9.17) is 5.11 Å². The molecule has 2 nitrogen and oxygen atoms in total. The summed E-state index contributed by atoms with van der Waals surface area (Å²) in [7, 11) is 0. The van der Waals surface area contributed by atoms with Gasteiger partial charge in [-0.15, -0.1) is 0 Å². The Hall–Kier alpha value is -1.05. The third-order valence-electron chi connectivity index (χ3n) is 0.898. The van der Waals surface area contributed by atoms with Crippen LogP contribution < -0.4 is 0 Å². The normalized spacial score (nSPS) is 14.7. The van der Waals surface area contributed by atoms with Gasteiger partial charge in [-0.1, -0.05) is 0 Å². The van der Waals surface area contributed by atoms with Gasteiger partial charge in [0.2, 0.25) is 0 Å². The molecular formula is C8H13NO. The lowest BCUT2D eigenvalue weighted by atomic mass is 10.4. The van der Waals surface area contributed by atoms with Crippen molar-refractivity contribution in [2.75, 3.05) is 0 Å². The lowest BCUT2D eigenvalue weighted by Gasteiger charge is -1.86. The van der Waals surface area contributed by atoms with E-state index >= 15 is 0 Å². The molecule has 0 bridgehead atoms. The van der Waals surface area contributed by atoms with Crippen molar-refractivity contribution in [1.82, 2.24) is 0 Å². The Morgan fingerprint density at radius 3 is 2.30 bits per heavy atom. The Bertz CT molecular complexity index is 174. The average molecular weight is 139 g/mol. The third kappa shape index (κ3) is 5.09. The van der Waals surface area contributed by atoms with Crippen molar-refractivity contribution in [3.63, 3.8) is 0 Å². The highest BCUT2D eigenvalue weighted by molar-refractivity contribution is 5.55. The maximum atomic E-state index is 8.73. The zero-order valence-electron chi connectivity index (χ0n) is 6.63. The highest BCUT2D eigenvalue weighted by atomic mass is 16.3. The number of aliphatic hydroxyl groups is 1. The van der Waals surface area contributed by atoms with Crippen LogP contribution in [0.5, 0.6) is 0 Å². The first kappa shape index (κ1) is 8.95. The van der Waals surface area contributed by atoms with Crippen molar-refractivity contribution >= 4 is 6.21 Å². The van der Waals surface area contributed by atoms with E-state index in [1.54, 1.807) is 25.3 Å². The van der Waals surface area contributed by atoms with Crippen LogP contribution >= 0.6 is 0 Å². The van der Waals surface area contributed by atoms with Crippen LogP contribution in [0.25, 0.3) is 0 Å². The molecule has 10 heavy (non-hydrogen) atoms. The summed E-state index contributed by atoms with van der Waals surface area (Å²) >= 11 is 0. The second kappa shape index (κ2) is 4.79. The minimum Gasteiger partial charge on any atom is -0.513 e. The number of rotatable bonds is 2. The summed E-state index contributed by atoms with van der Waals surface area (Å²) in [5.74, 6) is 0.297. The molecule has 0 aromatic carbocycles. The van der Waals surface area contributed by atoms with Crippen LogP contribution in [0.2, 0.25) is 0 Å². The summed E-state index contributed by atoms with van der Waals surface area (Å²) < 4.78 is 0. The van der Waals surface area contributed by atoms with Crippen LogP contribution in [0, 0.1) is 0 Å². The summed E-state index contributed by atoms with van der Waals surface area (Å²) in [4.78, 5) is 3.98. The van der Waals surface area contributed by atoms with Gasteiger partial charge >= 0.3 is 0 Å². The first-order valence-electron chi connectivity index (χ1n) is 3.19. The van der Waals surface area contributed by atoms with Gasteiger partial charge in [-0.05, 0) is 32.9 Å². The van der Waals surface area contributed by atoms with Crippen LogP contribution in [0.1, 0.15) is 20.8 Å². The maximum Gasteiger partial charge on any atom is 0.0892 e. The molecule has 1 N–H and O–H groups in total. The SMILES string of the molecule is C\C=N/C(C)=C\C=C(/C)O. The lowest BCUT2D eigenvalue weighted by Crippen LogP contribution is -1.70. The molecule has 0 amide bonds. The lowest BCUT2D eigenvalue weighted by molar-refractivity contribution is 0.414. The molecule has 0 rings (SSSR count). The quantitative estimate of drug-likeness (QED) is 0.355. The summed E-state index contributed by atoms with van der Waals surface area (Å²) in [6.07, 6.45) is 5.09. The van der Waals surface area contributed by atoms with Gasteiger partial charge in [0, 0.05) is 11.9 Å². The van der Waals surface area contributed by atoms with E-state index in [0.29, 0.717) is 5.76 Å². The summed E-state index contributed by atoms with van der Waals surface area (Å²) in [5, 5.41) is 8.73. The monoisotopic (exact) mass is 139 g/mol. The van der Waals surface area contributed by atoms with Gasteiger partial charge in [0.05, 0.1) is 5.76 Å². The second-order valence-electron chi connectivity index (χ2n) is 2.00. The van der Waals surface area contributed by atoms with E-state index in [9.17, 15) is 0 Å². The van der Waals surface area contributed by atoms with Gasteiger partial charge in [0.15, 0.2) is 0 Å². The highest BCUT2D eigenvalue weighted by Gasteiger charge is 1.78.